The Morgan fingerprint density at radius 1 is 1.50 bits per heavy atom. The van der Waals surface area contributed by atoms with Crippen molar-refractivity contribution in [3.05, 3.63) is 24.2 Å². The van der Waals surface area contributed by atoms with Gasteiger partial charge in [0.2, 0.25) is 0 Å². The van der Waals surface area contributed by atoms with E-state index in [9.17, 15) is 0 Å². The van der Waals surface area contributed by atoms with Crippen LogP contribution in [0.2, 0.25) is 0 Å². The number of nitrogens with zero attached hydrogens (tertiary/aromatic N) is 1. The third-order valence-electron chi connectivity index (χ3n) is 2.59. The van der Waals surface area contributed by atoms with Gasteiger partial charge in [0.1, 0.15) is 5.76 Å². The van der Waals surface area contributed by atoms with Crippen molar-refractivity contribution in [3.8, 4) is 0 Å². The zero-order valence-electron chi connectivity index (χ0n) is 10.4. The van der Waals surface area contributed by atoms with E-state index in [4.69, 9.17) is 9.15 Å². The third-order valence-corrected chi connectivity index (χ3v) is 2.59. The number of furan rings is 1. The molecule has 0 aliphatic heterocycles. The van der Waals surface area contributed by atoms with E-state index in [1.54, 1.807) is 13.4 Å². The Morgan fingerprint density at radius 3 is 2.94 bits per heavy atom. The largest absolute Gasteiger partial charge is 0.468 e. The van der Waals surface area contributed by atoms with Crippen molar-refractivity contribution >= 4 is 0 Å². The van der Waals surface area contributed by atoms with Crippen LogP contribution >= 0.6 is 0 Å². The van der Waals surface area contributed by atoms with Crippen molar-refractivity contribution in [3.63, 3.8) is 0 Å². The normalized spacial score (nSPS) is 13.2. The number of rotatable bonds is 8. The predicted octanol–water partition coefficient (Wildman–Crippen LogP) is 1.51. The molecule has 16 heavy (non-hydrogen) atoms. The molecule has 4 nitrogen and oxygen atoms in total. The number of likely N-dealkylation sites (N-methyl/N-ethyl adjacent to an activating group) is 1. The average Bonchev–Trinajstić information content (AvgIpc) is 2.79. The fourth-order valence-electron chi connectivity index (χ4n) is 1.47. The van der Waals surface area contributed by atoms with Gasteiger partial charge >= 0.3 is 0 Å². The van der Waals surface area contributed by atoms with Gasteiger partial charge in [-0.05, 0) is 26.1 Å². The summed E-state index contributed by atoms with van der Waals surface area (Å²) in [5.74, 6) is 0.986. The average molecular weight is 226 g/mol. The molecule has 1 heterocycles. The highest BCUT2D eigenvalue weighted by molar-refractivity contribution is 5.02. The number of hydrogen-bond donors (Lipinski definition) is 1. The van der Waals surface area contributed by atoms with Gasteiger partial charge in [-0.25, -0.2) is 0 Å². The molecular weight excluding hydrogens is 204 g/mol. The van der Waals surface area contributed by atoms with Crippen LogP contribution in [0.3, 0.4) is 0 Å². The van der Waals surface area contributed by atoms with Crippen molar-refractivity contribution in [2.24, 2.45) is 0 Å². The molecule has 0 spiro atoms. The van der Waals surface area contributed by atoms with Crippen LogP contribution in [0.1, 0.15) is 18.7 Å². The predicted molar refractivity (Wildman–Crippen MR) is 64.5 cm³/mol. The lowest BCUT2D eigenvalue weighted by molar-refractivity contribution is 0.161. The van der Waals surface area contributed by atoms with E-state index in [-0.39, 0.29) is 6.04 Å². The number of nitrogens with one attached hydrogen (secondary N) is 1. The van der Waals surface area contributed by atoms with Crippen molar-refractivity contribution < 1.29 is 9.15 Å². The van der Waals surface area contributed by atoms with Gasteiger partial charge < -0.3 is 19.4 Å². The van der Waals surface area contributed by atoms with Gasteiger partial charge in [0.25, 0.3) is 0 Å². The Hall–Kier alpha value is -0.840. The number of methoxy groups -OCH3 is 1. The van der Waals surface area contributed by atoms with E-state index >= 15 is 0 Å². The molecule has 0 aromatic carbocycles. The molecule has 0 bridgehead atoms. The van der Waals surface area contributed by atoms with Crippen LogP contribution in [0, 0.1) is 0 Å². The second-order valence-corrected chi connectivity index (χ2v) is 3.99. The van der Waals surface area contributed by atoms with E-state index in [1.807, 2.05) is 12.1 Å². The molecule has 4 heteroatoms. The van der Waals surface area contributed by atoms with Crippen LogP contribution < -0.4 is 5.32 Å². The topological polar surface area (TPSA) is 37.6 Å². The molecule has 0 fully saturated rings. The molecule has 0 aliphatic carbocycles. The molecule has 1 atom stereocenters. The van der Waals surface area contributed by atoms with Crippen molar-refractivity contribution in [2.45, 2.75) is 13.0 Å². The van der Waals surface area contributed by atoms with E-state index in [2.05, 4.69) is 24.2 Å². The maximum atomic E-state index is 5.32. The maximum Gasteiger partial charge on any atom is 0.120 e. The lowest BCUT2D eigenvalue weighted by Gasteiger charge is -2.18. The van der Waals surface area contributed by atoms with Crippen molar-refractivity contribution in [2.75, 3.05) is 40.4 Å². The molecule has 1 rings (SSSR count). The van der Waals surface area contributed by atoms with E-state index < -0.39 is 0 Å². The number of ether oxygens (including phenoxy) is 1. The van der Waals surface area contributed by atoms with Crippen molar-refractivity contribution in [1.29, 1.82) is 0 Å². The summed E-state index contributed by atoms with van der Waals surface area (Å²) in [7, 11) is 3.82. The summed E-state index contributed by atoms with van der Waals surface area (Å²) < 4.78 is 10.3. The molecular formula is C12H22N2O2. The van der Waals surface area contributed by atoms with Crippen LogP contribution in [0.25, 0.3) is 0 Å². The summed E-state index contributed by atoms with van der Waals surface area (Å²) >= 11 is 0. The molecule has 0 radical (unpaired) electrons. The van der Waals surface area contributed by atoms with Gasteiger partial charge in [-0.2, -0.15) is 0 Å². The zero-order chi connectivity index (χ0) is 11.8. The van der Waals surface area contributed by atoms with Gasteiger partial charge in [-0.3, -0.25) is 0 Å². The summed E-state index contributed by atoms with van der Waals surface area (Å²) in [6.07, 6.45) is 1.71. The molecule has 1 unspecified atom stereocenters. The summed E-state index contributed by atoms with van der Waals surface area (Å²) in [6.45, 7) is 5.81. The molecule has 0 amide bonds. The summed E-state index contributed by atoms with van der Waals surface area (Å²) in [5, 5.41) is 3.42. The van der Waals surface area contributed by atoms with Crippen molar-refractivity contribution in [1.82, 2.24) is 10.2 Å². The van der Waals surface area contributed by atoms with Crippen LogP contribution in [-0.2, 0) is 4.74 Å². The molecule has 0 aliphatic rings. The Morgan fingerprint density at radius 2 is 2.31 bits per heavy atom. The quantitative estimate of drug-likeness (QED) is 0.729. The van der Waals surface area contributed by atoms with Gasteiger partial charge in [0.05, 0.1) is 18.9 Å². The van der Waals surface area contributed by atoms with Crippen LogP contribution in [0.5, 0.6) is 0 Å². The van der Waals surface area contributed by atoms with Gasteiger partial charge in [-0.15, -0.1) is 0 Å². The van der Waals surface area contributed by atoms with Gasteiger partial charge in [0.15, 0.2) is 0 Å². The van der Waals surface area contributed by atoms with Crippen LogP contribution in [0.4, 0.5) is 0 Å². The second kappa shape index (κ2) is 7.44. The highest BCUT2D eigenvalue weighted by Crippen LogP contribution is 2.11. The second-order valence-electron chi connectivity index (χ2n) is 3.99. The first-order valence-corrected chi connectivity index (χ1v) is 5.68. The molecule has 1 aromatic rings. The Bertz CT molecular complexity index is 262. The fourth-order valence-corrected chi connectivity index (χ4v) is 1.47. The molecule has 92 valence electrons. The maximum absolute atomic E-state index is 5.32. The minimum atomic E-state index is 0.269. The monoisotopic (exact) mass is 226 g/mol. The first-order valence-electron chi connectivity index (χ1n) is 5.68. The molecule has 1 aromatic heterocycles. The Kier molecular flexibility index (Phi) is 6.15. The lowest BCUT2D eigenvalue weighted by atomic mass is 10.2. The molecule has 0 saturated carbocycles. The minimum absolute atomic E-state index is 0.269. The van der Waals surface area contributed by atoms with Crippen LogP contribution in [-0.4, -0.2) is 45.3 Å². The highest BCUT2D eigenvalue weighted by atomic mass is 16.5. The first-order chi connectivity index (χ1) is 7.74. The SMILES string of the molecule is COCCN(C)CCNC(C)c1ccco1. The Labute approximate surface area is 97.6 Å². The zero-order valence-corrected chi connectivity index (χ0v) is 10.4. The lowest BCUT2D eigenvalue weighted by Crippen LogP contribution is -2.32. The number of hydrogen-bond acceptors (Lipinski definition) is 4. The minimum Gasteiger partial charge on any atom is -0.468 e. The van der Waals surface area contributed by atoms with E-state index in [0.29, 0.717) is 0 Å². The standard InChI is InChI=1S/C12H22N2O2/c1-11(12-5-4-9-16-12)13-6-7-14(2)8-10-15-3/h4-5,9,11,13H,6-8,10H2,1-3H3. The first kappa shape index (κ1) is 13.2. The molecule has 0 saturated heterocycles. The summed E-state index contributed by atoms with van der Waals surface area (Å²) in [6, 6.07) is 4.18. The molecule has 1 N–H and O–H groups in total. The van der Waals surface area contributed by atoms with Gasteiger partial charge in [-0.1, -0.05) is 0 Å². The fraction of sp³-hybridized carbons (Fsp3) is 0.667. The van der Waals surface area contributed by atoms with E-state index in [1.165, 1.54) is 0 Å². The Balaban J connectivity index is 2.11. The van der Waals surface area contributed by atoms with E-state index in [0.717, 1.165) is 32.0 Å². The highest BCUT2D eigenvalue weighted by Gasteiger charge is 2.06. The summed E-state index contributed by atoms with van der Waals surface area (Å²) in [4.78, 5) is 2.24. The van der Waals surface area contributed by atoms with Gasteiger partial charge in [0, 0.05) is 26.7 Å². The third kappa shape index (κ3) is 4.79. The van der Waals surface area contributed by atoms with Crippen LogP contribution in [0.15, 0.2) is 22.8 Å². The smallest absolute Gasteiger partial charge is 0.120 e. The summed E-state index contributed by atoms with van der Waals surface area (Å²) in [5.41, 5.74) is 0.